The number of hydrogen-bond donors (Lipinski definition) is 1. The predicted molar refractivity (Wildman–Crippen MR) is 198 cm³/mol. The van der Waals surface area contributed by atoms with Gasteiger partial charge in [0.25, 0.3) is 0 Å². The third-order valence-corrected chi connectivity index (χ3v) is 11.5. The molecule has 3 aromatic rings. The van der Waals surface area contributed by atoms with Crippen LogP contribution in [0, 0.1) is 12.7 Å². The first kappa shape index (κ1) is 37.8. The zero-order valence-electron chi connectivity index (χ0n) is 29.7. The Hall–Kier alpha value is -3.44. The second-order valence-electron chi connectivity index (χ2n) is 15.3. The zero-order valence-corrected chi connectivity index (χ0v) is 32.3. The van der Waals surface area contributed by atoms with E-state index in [4.69, 9.17) is 32.7 Å². The first-order valence-corrected chi connectivity index (χ1v) is 21.4. The second-order valence-corrected chi connectivity index (χ2v) is 21.8. The number of nitrogens with zero attached hydrogens (tertiary/aromatic N) is 2. The van der Waals surface area contributed by atoms with E-state index in [2.05, 4.69) is 25.0 Å². The van der Waals surface area contributed by atoms with Crippen molar-refractivity contribution in [1.82, 2.24) is 10.2 Å². The minimum Gasteiger partial charge on any atom is -0.444 e. The molecule has 1 saturated heterocycles. The van der Waals surface area contributed by atoms with Gasteiger partial charge in [0.2, 0.25) is 11.8 Å². The van der Waals surface area contributed by atoms with Gasteiger partial charge in [-0.05, 0) is 92.4 Å². The fourth-order valence-electron chi connectivity index (χ4n) is 7.13. The lowest BCUT2D eigenvalue weighted by molar-refractivity contribution is -0.146. The Bertz CT molecular complexity index is 1780. The number of benzene rings is 3. The molecule has 2 unspecified atom stereocenters. The summed E-state index contributed by atoms with van der Waals surface area (Å²) < 4.78 is 26.7. The summed E-state index contributed by atoms with van der Waals surface area (Å²) >= 11 is 13.2. The van der Waals surface area contributed by atoms with Gasteiger partial charge in [-0.2, -0.15) is 0 Å². The van der Waals surface area contributed by atoms with Crippen molar-refractivity contribution >= 4 is 54.9 Å². The van der Waals surface area contributed by atoms with Gasteiger partial charge in [-0.15, -0.1) is 0 Å². The molecule has 3 aromatic carbocycles. The van der Waals surface area contributed by atoms with E-state index in [9.17, 15) is 9.59 Å². The third-order valence-electron chi connectivity index (χ3n) is 9.31. The van der Waals surface area contributed by atoms with Crippen molar-refractivity contribution in [3.05, 3.63) is 98.8 Å². The third kappa shape index (κ3) is 7.88. The summed E-state index contributed by atoms with van der Waals surface area (Å²) in [5, 5.41) is 3.62. The van der Waals surface area contributed by atoms with Gasteiger partial charge in [-0.3, -0.25) is 14.5 Å². The molecule has 3 atom stereocenters. The van der Waals surface area contributed by atoms with Gasteiger partial charge in [-0.25, -0.2) is 9.18 Å². The fraction of sp³-hybridized carbons (Fsp3) is 0.447. The summed E-state index contributed by atoms with van der Waals surface area (Å²) in [5.74, 6) is -1.79. The Labute approximate surface area is 305 Å². The van der Waals surface area contributed by atoms with E-state index >= 15 is 9.18 Å². The number of amides is 3. The molecule has 1 fully saturated rings. The summed E-state index contributed by atoms with van der Waals surface area (Å²) in [7, 11) is -1.43. The number of rotatable bonds is 10. The van der Waals surface area contributed by atoms with Crippen molar-refractivity contribution in [1.29, 1.82) is 0 Å². The van der Waals surface area contributed by atoms with Crippen LogP contribution in [0.25, 0.3) is 0 Å². The summed E-state index contributed by atoms with van der Waals surface area (Å²) in [6.07, 6.45) is -0.714. The lowest BCUT2D eigenvalue weighted by Gasteiger charge is -2.52. The number of aryl methyl sites for hydroxylation is 1. The molecule has 2 aliphatic heterocycles. The molecule has 268 valence electrons. The van der Waals surface area contributed by atoms with Crippen LogP contribution in [0.2, 0.25) is 35.7 Å². The molecular formula is C38H46Cl2FN3O5Si. The number of likely N-dealkylation sites (tertiary alicyclic amines) is 1. The Morgan fingerprint density at radius 1 is 1.04 bits per heavy atom. The molecule has 12 heteroatoms. The standard InChI is InChI=1S/C38H46Cl2FN3O5Si/c1-24-11-13-28(41)21-29(24)31-22-33(45)43(16-15-42-36(47)49-37(2,3)4)34(25-9-8-10-26(39)19-25)38(31)30-14-12-27(40)20-32(30)44(35(38)46)23-48-17-18-50(5,6)7/h8-14,19-21,31,34H,15-18,22-23H2,1-7H3,(H,42,47)/t31?,34-,38?/m0/s1. The van der Waals surface area contributed by atoms with Gasteiger partial charge in [0.05, 0.1) is 11.7 Å². The molecule has 5 rings (SSSR count). The first-order valence-electron chi connectivity index (χ1n) is 16.9. The smallest absolute Gasteiger partial charge is 0.407 e. The highest BCUT2D eigenvalue weighted by Gasteiger charge is 2.65. The fourth-order valence-corrected chi connectivity index (χ4v) is 8.25. The number of alkyl carbamates (subject to hydrolysis) is 1. The normalized spacial score (nSPS) is 20.8. The van der Waals surface area contributed by atoms with E-state index in [1.807, 2.05) is 19.1 Å². The highest BCUT2D eigenvalue weighted by molar-refractivity contribution is 6.76. The van der Waals surface area contributed by atoms with Gasteiger partial charge in [-0.1, -0.05) is 67.1 Å². The van der Waals surface area contributed by atoms with Crippen molar-refractivity contribution in [3.63, 3.8) is 0 Å². The molecule has 50 heavy (non-hydrogen) atoms. The molecule has 0 aromatic heterocycles. The maximum absolute atomic E-state index is 15.5. The molecule has 1 N–H and O–H groups in total. The number of nitrogens with one attached hydrogen (secondary N) is 1. The van der Waals surface area contributed by atoms with Crippen LogP contribution in [0.3, 0.4) is 0 Å². The molecule has 2 aliphatic rings. The van der Waals surface area contributed by atoms with Crippen LogP contribution >= 0.6 is 23.2 Å². The Morgan fingerprint density at radius 3 is 2.44 bits per heavy atom. The lowest BCUT2D eigenvalue weighted by atomic mass is 9.58. The molecule has 3 amide bonds. The summed E-state index contributed by atoms with van der Waals surface area (Å²) in [5.41, 5.74) is 0.994. The van der Waals surface area contributed by atoms with E-state index in [0.29, 0.717) is 39.0 Å². The van der Waals surface area contributed by atoms with E-state index in [0.717, 1.165) is 11.6 Å². The summed E-state index contributed by atoms with van der Waals surface area (Å²) in [6.45, 7) is 14.5. The van der Waals surface area contributed by atoms with Crippen LogP contribution in [0.4, 0.5) is 14.9 Å². The topological polar surface area (TPSA) is 88.2 Å². The molecule has 8 nitrogen and oxygen atoms in total. The molecule has 2 heterocycles. The van der Waals surface area contributed by atoms with Crippen molar-refractivity contribution in [2.45, 2.75) is 82.8 Å². The Kier molecular flexibility index (Phi) is 11.1. The van der Waals surface area contributed by atoms with Crippen molar-refractivity contribution in [3.8, 4) is 0 Å². The minimum atomic E-state index is -1.45. The average molecular weight is 743 g/mol. The molecular weight excluding hydrogens is 696 g/mol. The quantitative estimate of drug-likeness (QED) is 0.166. The SMILES string of the molecule is Cc1ccc(F)cc1C1CC(=O)N(CCNC(=O)OC(C)(C)C)[C@@H](c2cccc(Cl)c2)C12C(=O)N(COCC[Si](C)(C)C)c1cc(Cl)ccc12. The van der Waals surface area contributed by atoms with Crippen LogP contribution in [-0.4, -0.2) is 62.9 Å². The van der Waals surface area contributed by atoms with Gasteiger partial charge in [0.1, 0.15) is 23.6 Å². The van der Waals surface area contributed by atoms with Crippen LogP contribution in [-0.2, 0) is 24.5 Å². The van der Waals surface area contributed by atoms with E-state index in [-0.39, 0.29) is 38.1 Å². The van der Waals surface area contributed by atoms with Gasteiger partial charge < -0.3 is 19.7 Å². The maximum atomic E-state index is 15.5. The highest BCUT2D eigenvalue weighted by atomic mass is 35.5. The number of hydrogen-bond acceptors (Lipinski definition) is 5. The molecule has 0 bridgehead atoms. The number of carbonyl (C=O) groups is 3. The Morgan fingerprint density at radius 2 is 1.76 bits per heavy atom. The van der Waals surface area contributed by atoms with Crippen molar-refractivity contribution in [2.75, 3.05) is 31.3 Å². The van der Waals surface area contributed by atoms with Crippen molar-refractivity contribution < 1.29 is 28.2 Å². The van der Waals surface area contributed by atoms with Gasteiger partial charge in [0, 0.05) is 50.2 Å². The second kappa shape index (κ2) is 14.7. The molecule has 0 saturated carbocycles. The van der Waals surface area contributed by atoms with E-state index in [1.165, 1.54) is 12.1 Å². The van der Waals surface area contributed by atoms with Crippen LogP contribution in [0.15, 0.2) is 60.7 Å². The Balaban J connectivity index is 1.71. The molecule has 0 radical (unpaired) electrons. The minimum absolute atomic E-state index is 0.0241. The molecule has 1 spiro atoms. The predicted octanol–water partition coefficient (Wildman–Crippen LogP) is 8.62. The average Bonchev–Trinajstić information content (AvgIpc) is 3.23. The number of fused-ring (bicyclic) bond motifs is 2. The summed E-state index contributed by atoms with van der Waals surface area (Å²) in [6, 6.07) is 16.9. The first-order chi connectivity index (χ1) is 23.4. The number of piperidine rings is 1. The zero-order chi connectivity index (χ0) is 36.6. The van der Waals surface area contributed by atoms with E-state index in [1.54, 1.807) is 67.0 Å². The molecule has 0 aliphatic carbocycles. The number of anilines is 1. The number of halogens is 3. The van der Waals surface area contributed by atoms with Crippen LogP contribution < -0.4 is 10.2 Å². The van der Waals surface area contributed by atoms with Gasteiger partial charge in [0.15, 0.2) is 0 Å². The number of carbonyl (C=O) groups excluding carboxylic acids is 3. The van der Waals surface area contributed by atoms with Crippen LogP contribution in [0.5, 0.6) is 0 Å². The highest BCUT2D eigenvalue weighted by Crippen LogP contribution is 2.62. The number of ether oxygens (including phenoxy) is 2. The van der Waals surface area contributed by atoms with Crippen LogP contribution in [0.1, 0.15) is 61.4 Å². The van der Waals surface area contributed by atoms with Crippen molar-refractivity contribution in [2.24, 2.45) is 0 Å². The lowest BCUT2D eigenvalue weighted by Crippen LogP contribution is -2.60. The van der Waals surface area contributed by atoms with Gasteiger partial charge >= 0.3 is 6.09 Å². The van der Waals surface area contributed by atoms with E-state index < -0.39 is 43.0 Å². The largest absolute Gasteiger partial charge is 0.444 e. The maximum Gasteiger partial charge on any atom is 0.407 e. The monoisotopic (exact) mass is 741 g/mol. The summed E-state index contributed by atoms with van der Waals surface area (Å²) in [4.78, 5) is 45.9.